The number of amides is 1. The maximum absolute atomic E-state index is 13.3. The van der Waals surface area contributed by atoms with E-state index in [1.165, 1.54) is 12.1 Å². The molecule has 4 nitrogen and oxygen atoms in total. The lowest BCUT2D eigenvalue weighted by Gasteiger charge is -2.12. The number of hydrogen-bond donors (Lipinski definition) is 1. The lowest BCUT2D eigenvalue weighted by Crippen LogP contribution is -2.27. The van der Waals surface area contributed by atoms with Crippen LogP contribution in [0.1, 0.15) is 22.8 Å². The van der Waals surface area contributed by atoms with Gasteiger partial charge in [-0.05, 0) is 36.8 Å². The SMILES string of the molecule is C=C(C)c1ccc(F)cc1OCCOCCNC(=O)c1ccccc1. The molecule has 0 aliphatic rings. The quantitative estimate of drug-likeness (QED) is 0.707. The van der Waals surface area contributed by atoms with Crippen LogP contribution in [0.25, 0.3) is 5.57 Å². The predicted octanol–water partition coefficient (Wildman–Crippen LogP) is 3.68. The summed E-state index contributed by atoms with van der Waals surface area (Å²) >= 11 is 0. The topological polar surface area (TPSA) is 47.6 Å². The number of carbonyl (C=O) groups is 1. The largest absolute Gasteiger partial charge is 0.490 e. The van der Waals surface area contributed by atoms with E-state index in [4.69, 9.17) is 9.47 Å². The first kappa shape index (κ1) is 18.7. The van der Waals surface area contributed by atoms with Crippen molar-refractivity contribution in [2.24, 2.45) is 0 Å². The van der Waals surface area contributed by atoms with E-state index >= 15 is 0 Å². The molecule has 2 aromatic rings. The van der Waals surface area contributed by atoms with Crippen LogP contribution in [0.15, 0.2) is 55.1 Å². The highest BCUT2D eigenvalue weighted by molar-refractivity contribution is 5.94. The first-order valence-electron chi connectivity index (χ1n) is 8.07. The van der Waals surface area contributed by atoms with Gasteiger partial charge in [0.05, 0.1) is 13.2 Å². The van der Waals surface area contributed by atoms with E-state index in [0.29, 0.717) is 31.1 Å². The summed E-state index contributed by atoms with van der Waals surface area (Å²) in [7, 11) is 0. The molecule has 0 fully saturated rings. The smallest absolute Gasteiger partial charge is 0.251 e. The molecule has 1 N–H and O–H groups in total. The molecule has 0 heterocycles. The number of nitrogens with one attached hydrogen (secondary N) is 1. The third-order valence-corrected chi connectivity index (χ3v) is 3.46. The third kappa shape index (κ3) is 6.04. The normalized spacial score (nSPS) is 10.3. The van der Waals surface area contributed by atoms with Gasteiger partial charge in [0.2, 0.25) is 0 Å². The summed E-state index contributed by atoms with van der Waals surface area (Å²) in [5.74, 6) is -0.0377. The van der Waals surface area contributed by atoms with Gasteiger partial charge in [-0.25, -0.2) is 4.39 Å². The Bertz CT molecular complexity index is 716. The van der Waals surface area contributed by atoms with Gasteiger partial charge in [0, 0.05) is 23.7 Å². The fraction of sp³-hybridized carbons (Fsp3) is 0.250. The Kier molecular flexibility index (Phi) is 7.16. The molecule has 2 rings (SSSR count). The van der Waals surface area contributed by atoms with E-state index in [1.54, 1.807) is 18.2 Å². The number of benzene rings is 2. The Morgan fingerprint density at radius 1 is 1.12 bits per heavy atom. The minimum Gasteiger partial charge on any atom is -0.490 e. The molecular weight excluding hydrogens is 321 g/mol. The van der Waals surface area contributed by atoms with Crippen molar-refractivity contribution in [2.75, 3.05) is 26.4 Å². The van der Waals surface area contributed by atoms with E-state index in [9.17, 15) is 9.18 Å². The lowest BCUT2D eigenvalue weighted by atomic mass is 10.1. The summed E-state index contributed by atoms with van der Waals surface area (Å²) in [6, 6.07) is 13.4. The summed E-state index contributed by atoms with van der Waals surface area (Å²) in [5, 5.41) is 2.77. The molecule has 0 aromatic heterocycles. The second-order valence-corrected chi connectivity index (χ2v) is 5.50. The third-order valence-electron chi connectivity index (χ3n) is 3.46. The molecule has 0 unspecified atom stereocenters. The molecule has 5 heteroatoms. The van der Waals surface area contributed by atoms with Crippen molar-refractivity contribution < 1.29 is 18.7 Å². The summed E-state index contributed by atoms with van der Waals surface area (Å²) in [6.45, 7) is 7.10. The zero-order valence-corrected chi connectivity index (χ0v) is 14.3. The highest BCUT2D eigenvalue weighted by atomic mass is 19.1. The number of carbonyl (C=O) groups excluding carboxylic acids is 1. The van der Waals surface area contributed by atoms with Gasteiger partial charge in [-0.3, -0.25) is 4.79 Å². The van der Waals surface area contributed by atoms with Crippen molar-refractivity contribution in [1.82, 2.24) is 5.32 Å². The van der Waals surface area contributed by atoms with Gasteiger partial charge in [0.15, 0.2) is 0 Å². The van der Waals surface area contributed by atoms with E-state index in [0.717, 1.165) is 11.1 Å². The van der Waals surface area contributed by atoms with Gasteiger partial charge < -0.3 is 14.8 Å². The minimum absolute atomic E-state index is 0.133. The standard InChI is InChI=1S/C20H22FNO3/c1-15(2)18-9-8-17(21)14-19(18)25-13-12-24-11-10-22-20(23)16-6-4-3-5-7-16/h3-9,14H,1,10-13H2,2H3,(H,22,23). The van der Waals surface area contributed by atoms with Gasteiger partial charge in [0.1, 0.15) is 18.2 Å². The number of ether oxygens (including phenoxy) is 2. The Morgan fingerprint density at radius 2 is 1.88 bits per heavy atom. The molecule has 0 saturated heterocycles. The molecule has 0 radical (unpaired) electrons. The van der Waals surface area contributed by atoms with Crippen LogP contribution >= 0.6 is 0 Å². The van der Waals surface area contributed by atoms with Crippen LogP contribution in [0.4, 0.5) is 4.39 Å². The molecule has 0 aliphatic heterocycles. The zero-order chi connectivity index (χ0) is 18.1. The highest BCUT2D eigenvalue weighted by Crippen LogP contribution is 2.25. The Hall–Kier alpha value is -2.66. The summed E-state index contributed by atoms with van der Waals surface area (Å²) < 4.78 is 24.3. The van der Waals surface area contributed by atoms with Crippen molar-refractivity contribution in [3.8, 4) is 5.75 Å². The highest BCUT2D eigenvalue weighted by Gasteiger charge is 2.06. The van der Waals surface area contributed by atoms with Crippen LogP contribution < -0.4 is 10.1 Å². The number of rotatable bonds is 9. The zero-order valence-electron chi connectivity index (χ0n) is 14.3. The molecule has 1 amide bonds. The van der Waals surface area contributed by atoms with Crippen LogP contribution in [0, 0.1) is 5.82 Å². The molecule has 0 saturated carbocycles. The minimum atomic E-state index is -0.357. The predicted molar refractivity (Wildman–Crippen MR) is 96.2 cm³/mol. The average molecular weight is 343 g/mol. The molecule has 25 heavy (non-hydrogen) atoms. The van der Waals surface area contributed by atoms with Crippen LogP contribution in [0.5, 0.6) is 5.75 Å². The lowest BCUT2D eigenvalue weighted by molar-refractivity contribution is 0.0866. The molecule has 132 valence electrons. The number of allylic oxidation sites excluding steroid dienone is 1. The van der Waals surface area contributed by atoms with Gasteiger partial charge in [-0.1, -0.05) is 24.8 Å². The Labute approximate surface area is 147 Å². The van der Waals surface area contributed by atoms with Crippen molar-refractivity contribution >= 4 is 11.5 Å². The number of hydrogen-bond acceptors (Lipinski definition) is 3. The van der Waals surface area contributed by atoms with Crippen LogP contribution in [0.3, 0.4) is 0 Å². The second kappa shape index (κ2) is 9.59. The van der Waals surface area contributed by atoms with Crippen molar-refractivity contribution in [1.29, 1.82) is 0 Å². The van der Waals surface area contributed by atoms with E-state index in [2.05, 4.69) is 11.9 Å². The van der Waals surface area contributed by atoms with Crippen molar-refractivity contribution in [3.63, 3.8) is 0 Å². The van der Waals surface area contributed by atoms with E-state index in [1.807, 2.05) is 25.1 Å². The molecule has 0 atom stereocenters. The van der Waals surface area contributed by atoms with Gasteiger partial charge >= 0.3 is 0 Å². The van der Waals surface area contributed by atoms with Crippen molar-refractivity contribution in [2.45, 2.75) is 6.92 Å². The van der Waals surface area contributed by atoms with Crippen LogP contribution in [0.2, 0.25) is 0 Å². The van der Waals surface area contributed by atoms with Gasteiger partial charge in [-0.15, -0.1) is 0 Å². The molecule has 0 bridgehead atoms. The first-order valence-corrected chi connectivity index (χ1v) is 8.07. The molecular formula is C20H22FNO3. The number of halogens is 1. The maximum atomic E-state index is 13.3. The summed E-state index contributed by atoms with van der Waals surface area (Å²) in [6.07, 6.45) is 0. The van der Waals surface area contributed by atoms with Crippen molar-refractivity contribution in [3.05, 3.63) is 72.1 Å². The monoisotopic (exact) mass is 343 g/mol. The molecule has 0 aliphatic carbocycles. The first-order chi connectivity index (χ1) is 12.1. The van der Waals surface area contributed by atoms with E-state index < -0.39 is 0 Å². The Balaban J connectivity index is 1.65. The van der Waals surface area contributed by atoms with E-state index in [-0.39, 0.29) is 18.3 Å². The molecule has 2 aromatic carbocycles. The van der Waals surface area contributed by atoms with Gasteiger partial charge in [-0.2, -0.15) is 0 Å². The van der Waals surface area contributed by atoms with Gasteiger partial charge in [0.25, 0.3) is 5.91 Å². The van der Waals surface area contributed by atoms with Crippen LogP contribution in [-0.2, 0) is 4.74 Å². The second-order valence-electron chi connectivity index (χ2n) is 5.50. The fourth-order valence-electron chi connectivity index (χ4n) is 2.21. The summed E-state index contributed by atoms with van der Waals surface area (Å²) in [5.41, 5.74) is 2.19. The average Bonchev–Trinajstić information content (AvgIpc) is 2.61. The Morgan fingerprint density at radius 3 is 2.60 bits per heavy atom. The maximum Gasteiger partial charge on any atom is 0.251 e. The summed E-state index contributed by atoms with van der Waals surface area (Å²) in [4.78, 5) is 11.8. The fourth-order valence-corrected chi connectivity index (χ4v) is 2.21. The molecule has 0 spiro atoms. The van der Waals surface area contributed by atoms with Crippen LogP contribution in [-0.4, -0.2) is 32.3 Å².